The molecule has 9 nitrogen and oxygen atoms in total. The second kappa shape index (κ2) is 7.47. The van der Waals surface area contributed by atoms with Gasteiger partial charge in [0.25, 0.3) is 5.88 Å². The van der Waals surface area contributed by atoms with Gasteiger partial charge < -0.3 is 19.9 Å². The Morgan fingerprint density at radius 3 is 2.55 bits per heavy atom. The minimum atomic E-state index is -0.967. The number of nitrogens with one attached hydrogen (secondary N) is 1. The number of ether oxygens (including phenoxy) is 2. The van der Waals surface area contributed by atoms with Crippen LogP contribution in [0.1, 0.15) is 10.4 Å². The van der Waals surface area contributed by atoms with Gasteiger partial charge >= 0.3 is 5.97 Å². The highest BCUT2D eigenvalue weighted by molar-refractivity contribution is 5.88. The van der Waals surface area contributed by atoms with E-state index in [4.69, 9.17) is 14.6 Å². The molecule has 0 aliphatic carbocycles. The summed E-state index contributed by atoms with van der Waals surface area (Å²) in [7, 11) is 3.07. The standard InChI is InChI=1S/C20H17N5O4/c1-28-16-7-8-17(24-19(16)29-2)23-15-9-14(10-25-18(15)21-11-22-25)12-3-5-13(6-4-12)20(26)27/h3-11H,1-2H3,(H,23,24)(H,26,27). The van der Waals surface area contributed by atoms with Gasteiger partial charge in [0, 0.05) is 11.8 Å². The van der Waals surface area contributed by atoms with Crippen molar-refractivity contribution in [1.29, 1.82) is 0 Å². The number of carboxylic acids is 1. The Morgan fingerprint density at radius 1 is 1.07 bits per heavy atom. The molecule has 4 rings (SSSR count). The van der Waals surface area contributed by atoms with Crippen molar-refractivity contribution in [3.05, 3.63) is 60.6 Å². The zero-order valence-corrected chi connectivity index (χ0v) is 15.7. The van der Waals surface area contributed by atoms with Gasteiger partial charge in [-0.3, -0.25) is 0 Å². The predicted octanol–water partition coefficient (Wildman–Crippen LogP) is 3.25. The number of methoxy groups -OCH3 is 2. The summed E-state index contributed by atoms with van der Waals surface area (Å²) in [4.78, 5) is 19.8. The van der Waals surface area contributed by atoms with E-state index in [1.54, 1.807) is 48.0 Å². The molecule has 0 unspecified atom stereocenters. The molecule has 3 aromatic heterocycles. The zero-order chi connectivity index (χ0) is 20.4. The quantitative estimate of drug-likeness (QED) is 0.515. The number of benzene rings is 1. The molecule has 4 aromatic rings. The van der Waals surface area contributed by atoms with Crippen molar-refractivity contribution in [1.82, 2.24) is 19.6 Å². The molecular formula is C20H17N5O4. The lowest BCUT2D eigenvalue weighted by atomic mass is 10.1. The number of aromatic nitrogens is 4. The summed E-state index contributed by atoms with van der Waals surface area (Å²) in [6, 6.07) is 12.0. The number of carbonyl (C=O) groups is 1. The first-order chi connectivity index (χ1) is 14.1. The first-order valence-corrected chi connectivity index (χ1v) is 8.62. The number of nitrogens with zero attached hydrogens (tertiary/aromatic N) is 4. The van der Waals surface area contributed by atoms with Crippen molar-refractivity contribution < 1.29 is 19.4 Å². The molecule has 0 radical (unpaired) electrons. The van der Waals surface area contributed by atoms with Gasteiger partial charge in [0.05, 0.1) is 25.5 Å². The topological polar surface area (TPSA) is 111 Å². The maximum atomic E-state index is 11.1. The van der Waals surface area contributed by atoms with Gasteiger partial charge in [0.2, 0.25) is 0 Å². The average molecular weight is 391 g/mol. The maximum absolute atomic E-state index is 11.1. The summed E-state index contributed by atoms with van der Waals surface area (Å²) < 4.78 is 12.1. The van der Waals surface area contributed by atoms with Crippen molar-refractivity contribution >= 4 is 23.1 Å². The summed E-state index contributed by atoms with van der Waals surface area (Å²) in [5, 5.41) is 16.5. The van der Waals surface area contributed by atoms with Crippen molar-refractivity contribution in [3.63, 3.8) is 0 Å². The molecule has 0 spiro atoms. The third-order valence-electron chi connectivity index (χ3n) is 4.34. The van der Waals surface area contributed by atoms with E-state index in [0.29, 0.717) is 28.8 Å². The number of hydrogen-bond donors (Lipinski definition) is 2. The molecule has 0 saturated carbocycles. The smallest absolute Gasteiger partial charge is 0.335 e. The van der Waals surface area contributed by atoms with Crippen molar-refractivity contribution in [3.8, 4) is 22.8 Å². The fourth-order valence-corrected chi connectivity index (χ4v) is 2.92. The maximum Gasteiger partial charge on any atom is 0.335 e. The first-order valence-electron chi connectivity index (χ1n) is 8.62. The van der Waals surface area contributed by atoms with Gasteiger partial charge in [-0.2, -0.15) is 10.1 Å². The van der Waals surface area contributed by atoms with Crippen LogP contribution in [0.5, 0.6) is 11.6 Å². The molecule has 0 aliphatic heterocycles. The zero-order valence-electron chi connectivity index (χ0n) is 15.7. The van der Waals surface area contributed by atoms with Crippen LogP contribution in [0.25, 0.3) is 16.8 Å². The van der Waals surface area contributed by atoms with Gasteiger partial charge in [0.1, 0.15) is 12.1 Å². The van der Waals surface area contributed by atoms with E-state index in [-0.39, 0.29) is 5.56 Å². The highest BCUT2D eigenvalue weighted by Crippen LogP contribution is 2.30. The molecule has 0 fully saturated rings. The number of anilines is 2. The number of rotatable bonds is 6. The van der Waals surface area contributed by atoms with E-state index in [1.807, 2.05) is 12.3 Å². The second-order valence-corrected chi connectivity index (χ2v) is 6.09. The van der Waals surface area contributed by atoms with Gasteiger partial charge in [0.15, 0.2) is 11.4 Å². The third kappa shape index (κ3) is 3.53. The van der Waals surface area contributed by atoms with E-state index in [1.165, 1.54) is 13.4 Å². The van der Waals surface area contributed by atoms with Crippen LogP contribution in [0.2, 0.25) is 0 Å². The third-order valence-corrected chi connectivity index (χ3v) is 4.34. The molecule has 0 atom stereocenters. The van der Waals surface area contributed by atoms with Crippen LogP contribution >= 0.6 is 0 Å². The lowest BCUT2D eigenvalue weighted by molar-refractivity contribution is 0.0697. The molecule has 0 aliphatic rings. The van der Waals surface area contributed by atoms with Crippen LogP contribution in [0, 0.1) is 0 Å². The highest BCUT2D eigenvalue weighted by atomic mass is 16.5. The number of fused-ring (bicyclic) bond motifs is 1. The van der Waals surface area contributed by atoms with Gasteiger partial charge in [-0.25, -0.2) is 14.3 Å². The molecular weight excluding hydrogens is 374 g/mol. The summed E-state index contributed by atoms with van der Waals surface area (Å²) in [5.41, 5.74) is 3.21. The summed E-state index contributed by atoms with van der Waals surface area (Å²) in [6.45, 7) is 0. The fraction of sp³-hybridized carbons (Fsp3) is 0.100. The largest absolute Gasteiger partial charge is 0.491 e. The number of pyridine rings is 2. The van der Waals surface area contributed by atoms with E-state index < -0.39 is 5.97 Å². The minimum Gasteiger partial charge on any atom is -0.491 e. The summed E-state index contributed by atoms with van der Waals surface area (Å²) in [6.07, 6.45) is 3.28. The Balaban J connectivity index is 1.74. The Kier molecular flexibility index (Phi) is 4.70. The molecule has 0 amide bonds. The molecule has 2 N–H and O–H groups in total. The molecule has 1 aromatic carbocycles. The Bertz CT molecular complexity index is 1190. The second-order valence-electron chi connectivity index (χ2n) is 6.09. The van der Waals surface area contributed by atoms with Crippen LogP contribution in [-0.4, -0.2) is 44.9 Å². The van der Waals surface area contributed by atoms with Crippen molar-refractivity contribution in [2.45, 2.75) is 0 Å². The minimum absolute atomic E-state index is 0.225. The number of aromatic carboxylic acids is 1. The summed E-state index contributed by atoms with van der Waals surface area (Å²) >= 11 is 0. The van der Waals surface area contributed by atoms with E-state index in [2.05, 4.69) is 20.4 Å². The Labute approximate surface area is 165 Å². The van der Waals surface area contributed by atoms with Gasteiger partial charge in [-0.05, 0) is 35.9 Å². The normalized spacial score (nSPS) is 10.7. The molecule has 29 heavy (non-hydrogen) atoms. The molecule has 146 valence electrons. The SMILES string of the molecule is COc1ccc(Nc2cc(-c3ccc(C(=O)O)cc3)cn3ncnc23)nc1OC. The predicted molar refractivity (Wildman–Crippen MR) is 106 cm³/mol. The van der Waals surface area contributed by atoms with Crippen LogP contribution in [-0.2, 0) is 0 Å². The van der Waals surface area contributed by atoms with Crippen LogP contribution < -0.4 is 14.8 Å². The van der Waals surface area contributed by atoms with E-state index in [0.717, 1.165) is 11.1 Å². The van der Waals surface area contributed by atoms with Crippen LogP contribution in [0.4, 0.5) is 11.5 Å². The lowest BCUT2D eigenvalue weighted by Gasteiger charge is -2.12. The summed E-state index contributed by atoms with van der Waals surface area (Å²) in [5.74, 6) is 0.462. The molecule has 0 saturated heterocycles. The van der Waals surface area contributed by atoms with Crippen LogP contribution in [0.3, 0.4) is 0 Å². The van der Waals surface area contributed by atoms with E-state index >= 15 is 0 Å². The fourth-order valence-electron chi connectivity index (χ4n) is 2.92. The van der Waals surface area contributed by atoms with Crippen LogP contribution in [0.15, 0.2) is 55.0 Å². The molecule has 0 bridgehead atoms. The Morgan fingerprint density at radius 2 is 1.86 bits per heavy atom. The monoisotopic (exact) mass is 391 g/mol. The van der Waals surface area contributed by atoms with Crippen molar-refractivity contribution in [2.75, 3.05) is 19.5 Å². The Hall–Kier alpha value is -4.14. The van der Waals surface area contributed by atoms with E-state index in [9.17, 15) is 4.79 Å². The lowest BCUT2D eigenvalue weighted by Crippen LogP contribution is -2.01. The number of hydrogen-bond acceptors (Lipinski definition) is 7. The first kappa shape index (κ1) is 18.2. The highest BCUT2D eigenvalue weighted by Gasteiger charge is 2.12. The number of carboxylic acid groups (broad SMARTS) is 1. The van der Waals surface area contributed by atoms with Gasteiger partial charge in [-0.15, -0.1) is 0 Å². The van der Waals surface area contributed by atoms with Crippen molar-refractivity contribution in [2.24, 2.45) is 0 Å². The van der Waals surface area contributed by atoms with Gasteiger partial charge in [-0.1, -0.05) is 12.1 Å². The average Bonchev–Trinajstić information content (AvgIpc) is 3.22. The molecule has 9 heteroatoms. The molecule has 3 heterocycles.